The Morgan fingerprint density at radius 2 is 1.65 bits per heavy atom. The Kier molecular flexibility index (Phi) is 12.3. The normalized spacial score (nSPS) is 21.4. The summed E-state index contributed by atoms with van der Waals surface area (Å²) in [4.78, 5) is 27.1. The highest BCUT2D eigenvalue weighted by Gasteiger charge is 2.44. The Balaban J connectivity index is 1.57. The molecule has 0 aromatic heterocycles. The van der Waals surface area contributed by atoms with Crippen molar-refractivity contribution < 1.29 is 9.59 Å². The summed E-state index contributed by atoms with van der Waals surface area (Å²) in [5.41, 5.74) is 0. The van der Waals surface area contributed by atoms with Gasteiger partial charge in [-0.05, 0) is 25.2 Å². The summed E-state index contributed by atoms with van der Waals surface area (Å²) in [7, 11) is 0. The van der Waals surface area contributed by atoms with Gasteiger partial charge in [0.25, 0.3) is 0 Å². The number of nitrogens with one attached hydrogen (secondary N) is 2. The van der Waals surface area contributed by atoms with Gasteiger partial charge in [0.05, 0.1) is 10.9 Å². The number of thioether (sulfide) groups is 1. The molecule has 2 rings (SSSR count). The molecule has 180 valence electrons. The molecule has 6 heteroatoms. The monoisotopic (exact) mass is 453 g/mol. The van der Waals surface area contributed by atoms with E-state index in [0.717, 1.165) is 51.1 Å². The van der Waals surface area contributed by atoms with Crippen LogP contribution in [0.5, 0.6) is 0 Å². The molecule has 0 radical (unpaired) electrons. The number of likely N-dealkylation sites (tertiary alicyclic amines) is 1. The molecular formula is C25H47N3O2S. The van der Waals surface area contributed by atoms with E-state index in [4.69, 9.17) is 0 Å². The molecule has 1 spiro atoms. The summed E-state index contributed by atoms with van der Waals surface area (Å²) < 4.78 is 0. The van der Waals surface area contributed by atoms with Crippen LogP contribution in [-0.2, 0) is 9.59 Å². The molecule has 2 aliphatic rings. The van der Waals surface area contributed by atoms with Gasteiger partial charge in [0, 0.05) is 31.8 Å². The van der Waals surface area contributed by atoms with Gasteiger partial charge >= 0.3 is 0 Å². The van der Waals surface area contributed by atoms with Crippen LogP contribution in [0.1, 0.15) is 104 Å². The fourth-order valence-corrected chi connectivity index (χ4v) is 5.90. The van der Waals surface area contributed by atoms with Gasteiger partial charge in [0.15, 0.2) is 0 Å². The van der Waals surface area contributed by atoms with Gasteiger partial charge in [-0.3, -0.25) is 14.9 Å². The highest BCUT2D eigenvalue weighted by molar-refractivity contribution is 8.01. The minimum absolute atomic E-state index is 0.0209. The number of hydrogen-bond donors (Lipinski definition) is 2. The van der Waals surface area contributed by atoms with Crippen molar-refractivity contribution in [2.75, 3.05) is 25.4 Å². The number of rotatable bonds is 14. The number of carbonyl (C=O) groups is 2. The Morgan fingerprint density at radius 3 is 2.26 bits per heavy atom. The summed E-state index contributed by atoms with van der Waals surface area (Å²) in [6.45, 7) is 8.97. The Labute approximate surface area is 195 Å². The molecular weight excluding hydrogens is 406 g/mol. The van der Waals surface area contributed by atoms with Crippen molar-refractivity contribution in [2.24, 2.45) is 5.92 Å². The third-order valence-electron chi connectivity index (χ3n) is 7.02. The van der Waals surface area contributed by atoms with Gasteiger partial charge < -0.3 is 10.2 Å². The van der Waals surface area contributed by atoms with Crippen LogP contribution in [0.3, 0.4) is 0 Å². The number of piperidine rings is 1. The number of carbonyl (C=O) groups excluding carboxylic acids is 2. The van der Waals surface area contributed by atoms with Crippen LogP contribution in [0.25, 0.3) is 0 Å². The van der Waals surface area contributed by atoms with E-state index < -0.39 is 0 Å². The van der Waals surface area contributed by atoms with E-state index in [1.807, 2.05) is 11.8 Å². The van der Waals surface area contributed by atoms with Crippen LogP contribution < -0.4 is 10.6 Å². The zero-order valence-corrected chi connectivity index (χ0v) is 21.2. The predicted molar refractivity (Wildman–Crippen MR) is 132 cm³/mol. The smallest absolute Gasteiger partial charge is 0.238 e. The van der Waals surface area contributed by atoms with Gasteiger partial charge in [-0.1, -0.05) is 78.6 Å². The number of nitrogens with zero attached hydrogens (tertiary/aromatic N) is 1. The lowest BCUT2D eigenvalue weighted by molar-refractivity contribution is -0.132. The molecule has 2 fully saturated rings. The summed E-state index contributed by atoms with van der Waals surface area (Å²) in [6.07, 6.45) is 15.2. The lowest BCUT2D eigenvalue weighted by atomic mass is 10.0. The van der Waals surface area contributed by atoms with E-state index in [1.165, 1.54) is 51.4 Å². The zero-order chi connectivity index (χ0) is 22.5. The first-order valence-corrected chi connectivity index (χ1v) is 14.0. The summed E-state index contributed by atoms with van der Waals surface area (Å²) in [6, 6.07) is -0.0988. The van der Waals surface area contributed by atoms with E-state index in [0.29, 0.717) is 18.2 Å². The van der Waals surface area contributed by atoms with Gasteiger partial charge in [-0.25, -0.2) is 0 Å². The topological polar surface area (TPSA) is 61.4 Å². The number of unbranched alkanes of at least 4 members (excludes halogenated alkanes) is 8. The van der Waals surface area contributed by atoms with Gasteiger partial charge in [0.1, 0.15) is 0 Å². The Hall–Kier alpha value is -0.750. The second kappa shape index (κ2) is 14.4. The lowest BCUT2D eigenvalue weighted by Gasteiger charge is -2.39. The second-order valence-electron chi connectivity index (χ2n) is 9.72. The zero-order valence-electron chi connectivity index (χ0n) is 20.3. The molecule has 31 heavy (non-hydrogen) atoms. The molecule has 2 saturated heterocycles. The molecule has 0 saturated carbocycles. The maximum atomic E-state index is 12.6. The highest BCUT2D eigenvalue weighted by Crippen LogP contribution is 2.39. The molecule has 2 unspecified atom stereocenters. The largest absolute Gasteiger partial charge is 0.354 e. The Morgan fingerprint density at radius 1 is 1.03 bits per heavy atom. The predicted octanol–water partition coefficient (Wildman–Crippen LogP) is 5.09. The molecule has 2 N–H and O–H groups in total. The lowest BCUT2D eigenvalue weighted by Crippen LogP contribution is -2.54. The first-order chi connectivity index (χ1) is 15.0. The molecule has 2 aliphatic heterocycles. The second-order valence-corrected chi connectivity index (χ2v) is 11.1. The van der Waals surface area contributed by atoms with Gasteiger partial charge in [-0.2, -0.15) is 0 Å². The standard InChI is InChI=1S/C25H47N3O2S/c1-4-6-7-8-9-10-11-12-13-14-23(29)28-17-15-25(16-18-28)27-22(20-31-25)24(30)26-19-21(3)5-2/h21-22,27H,4-20H2,1-3H3,(H,26,30). The quantitative estimate of drug-likeness (QED) is 0.360. The van der Waals surface area contributed by atoms with Gasteiger partial charge in [0.2, 0.25) is 11.8 Å². The molecule has 0 aliphatic carbocycles. The van der Waals surface area contributed by atoms with Crippen molar-refractivity contribution in [3.05, 3.63) is 0 Å². The fourth-order valence-electron chi connectivity index (χ4n) is 4.48. The highest BCUT2D eigenvalue weighted by atomic mass is 32.2. The van der Waals surface area contributed by atoms with Crippen LogP contribution in [0, 0.1) is 5.92 Å². The average Bonchev–Trinajstić information content (AvgIpc) is 3.20. The van der Waals surface area contributed by atoms with Crippen molar-refractivity contribution in [2.45, 2.75) is 115 Å². The van der Waals surface area contributed by atoms with Crippen LogP contribution >= 0.6 is 11.8 Å². The van der Waals surface area contributed by atoms with E-state index in [1.54, 1.807) is 0 Å². The third kappa shape index (κ3) is 9.33. The van der Waals surface area contributed by atoms with E-state index >= 15 is 0 Å². The molecule has 0 aromatic carbocycles. The molecule has 2 heterocycles. The third-order valence-corrected chi connectivity index (χ3v) is 8.60. The van der Waals surface area contributed by atoms with Gasteiger partial charge in [-0.15, -0.1) is 11.8 Å². The van der Waals surface area contributed by atoms with Crippen LogP contribution in [0.2, 0.25) is 0 Å². The fraction of sp³-hybridized carbons (Fsp3) is 0.920. The minimum atomic E-state index is -0.0988. The average molecular weight is 454 g/mol. The Bertz CT molecular complexity index is 535. The number of hydrogen-bond acceptors (Lipinski definition) is 4. The maximum absolute atomic E-state index is 12.6. The van der Waals surface area contributed by atoms with Crippen molar-refractivity contribution in [1.82, 2.24) is 15.5 Å². The van der Waals surface area contributed by atoms with Crippen molar-refractivity contribution in [3.63, 3.8) is 0 Å². The van der Waals surface area contributed by atoms with Crippen molar-refractivity contribution >= 4 is 23.6 Å². The molecule has 2 amide bonds. The minimum Gasteiger partial charge on any atom is -0.354 e. The van der Waals surface area contributed by atoms with Crippen LogP contribution in [0.15, 0.2) is 0 Å². The van der Waals surface area contributed by atoms with Crippen LogP contribution in [-0.4, -0.2) is 53.0 Å². The first kappa shape index (κ1) is 26.5. The SMILES string of the molecule is CCCCCCCCCCCC(=O)N1CCC2(CC1)NC(C(=O)NCC(C)CC)CS2. The summed E-state index contributed by atoms with van der Waals surface area (Å²) >= 11 is 1.88. The molecule has 2 atom stereocenters. The summed E-state index contributed by atoms with van der Waals surface area (Å²) in [5.74, 6) is 1.81. The van der Waals surface area contributed by atoms with Crippen molar-refractivity contribution in [3.8, 4) is 0 Å². The maximum Gasteiger partial charge on any atom is 0.238 e. The first-order valence-electron chi connectivity index (χ1n) is 13.0. The molecule has 0 aromatic rings. The van der Waals surface area contributed by atoms with Crippen molar-refractivity contribution in [1.29, 1.82) is 0 Å². The summed E-state index contributed by atoms with van der Waals surface area (Å²) in [5, 5.41) is 6.70. The molecule has 0 bridgehead atoms. The number of amides is 2. The van der Waals surface area contributed by atoms with E-state index in [-0.39, 0.29) is 16.8 Å². The van der Waals surface area contributed by atoms with Crippen LogP contribution in [0.4, 0.5) is 0 Å². The van der Waals surface area contributed by atoms with E-state index in [9.17, 15) is 9.59 Å². The van der Waals surface area contributed by atoms with E-state index in [2.05, 4.69) is 36.3 Å². The molecule has 5 nitrogen and oxygen atoms in total.